The summed E-state index contributed by atoms with van der Waals surface area (Å²) in [5, 5.41) is 3.30. The van der Waals surface area contributed by atoms with Crippen LogP contribution in [0, 0.1) is 11.6 Å². The molecule has 1 saturated heterocycles. The Balaban J connectivity index is 2.22. The maximum absolute atomic E-state index is 13.2. The van der Waals surface area contributed by atoms with Crippen molar-refractivity contribution < 1.29 is 13.5 Å². The zero-order chi connectivity index (χ0) is 13.2. The summed E-state index contributed by atoms with van der Waals surface area (Å²) >= 11 is 0. The van der Waals surface area contributed by atoms with Gasteiger partial charge in [0.15, 0.2) is 0 Å². The second-order valence-electron chi connectivity index (χ2n) is 4.83. The van der Waals surface area contributed by atoms with Gasteiger partial charge in [-0.2, -0.15) is 0 Å². The van der Waals surface area contributed by atoms with Gasteiger partial charge in [-0.05, 0) is 30.5 Å². The van der Waals surface area contributed by atoms with Gasteiger partial charge in [0.1, 0.15) is 11.6 Å². The molecule has 1 aromatic carbocycles. The smallest absolute Gasteiger partial charge is 0.126 e. The van der Waals surface area contributed by atoms with Crippen LogP contribution in [-0.4, -0.2) is 18.7 Å². The molecule has 0 saturated carbocycles. The summed E-state index contributed by atoms with van der Waals surface area (Å²) in [6.45, 7) is 5.51. The van der Waals surface area contributed by atoms with Crippen molar-refractivity contribution in [3.05, 3.63) is 35.4 Å². The molecule has 18 heavy (non-hydrogen) atoms. The molecule has 1 atom stereocenters. The van der Waals surface area contributed by atoms with E-state index < -0.39 is 11.6 Å². The Kier molecular flexibility index (Phi) is 3.97. The average Bonchev–Trinajstić information content (AvgIpc) is 2.37. The SMILES string of the molecule is CCC1(CC)CNCC(c2cc(F)cc(F)c2)O1. The van der Waals surface area contributed by atoms with E-state index in [1.807, 2.05) is 0 Å². The first-order valence-electron chi connectivity index (χ1n) is 6.43. The van der Waals surface area contributed by atoms with Crippen LogP contribution in [0.2, 0.25) is 0 Å². The molecule has 0 aromatic heterocycles. The Morgan fingerprint density at radius 3 is 2.39 bits per heavy atom. The van der Waals surface area contributed by atoms with Crippen LogP contribution >= 0.6 is 0 Å². The largest absolute Gasteiger partial charge is 0.364 e. The van der Waals surface area contributed by atoms with Crippen LogP contribution < -0.4 is 5.32 Å². The molecular formula is C14H19F2NO. The van der Waals surface area contributed by atoms with Gasteiger partial charge < -0.3 is 10.1 Å². The fourth-order valence-electron chi connectivity index (χ4n) is 2.43. The van der Waals surface area contributed by atoms with Gasteiger partial charge in [0, 0.05) is 19.2 Å². The third-order valence-electron chi connectivity index (χ3n) is 3.71. The first-order chi connectivity index (χ1) is 8.58. The molecule has 0 amide bonds. The molecule has 0 bridgehead atoms. The molecule has 1 aromatic rings. The molecular weight excluding hydrogens is 236 g/mol. The average molecular weight is 255 g/mol. The van der Waals surface area contributed by atoms with Gasteiger partial charge in [0.05, 0.1) is 11.7 Å². The molecule has 0 spiro atoms. The minimum Gasteiger partial charge on any atom is -0.364 e. The second-order valence-corrected chi connectivity index (χ2v) is 4.83. The van der Waals surface area contributed by atoms with Crippen molar-refractivity contribution in [2.45, 2.75) is 38.4 Å². The van der Waals surface area contributed by atoms with Crippen LogP contribution in [0.5, 0.6) is 0 Å². The number of rotatable bonds is 3. The van der Waals surface area contributed by atoms with E-state index in [9.17, 15) is 8.78 Å². The summed E-state index contributed by atoms with van der Waals surface area (Å²) < 4.78 is 32.5. The van der Waals surface area contributed by atoms with Crippen molar-refractivity contribution in [3.63, 3.8) is 0 Å². The second kappa shape index (κ2) is 5.33. The quantitative estimate of drug-likeness (QED) is 0.895. The molecule has 1 aliphatic heterocycles. The molecule has 1 N–H and O–H groups in total. The number of morpholine rings is 1. The first-order valence-corrected chi connectivity index (χ1v) is 6.43. The maximum atomic E-state index is 13.2. The summed E-state index contributed by atoms with van der Waals surface area (Å²) in [6, 6.07) is 3.57. The van der Waals surface area contributed by atoms with E-state index in [1.54, 1.807) is 0 Å². The molecule has 2 nitrogen and oxygen atoms in total. The maximum Gasteiger partial charge on any atom is 0.126 e. The van der Waals surface area contributed by atoms with Crippen LogP contribution in [0.15, 0.2) is 18.2 Å². The van der Waals surface area contributed by atoms with Gasteiger partial charge in [-0.3, -0.25) is 0 Å². The van der Waals surface area contributed by atoms with Gasteiger partial charge in [0.25, 0.3) is 0 Å². The lowest BCUT2D eigenvalue weighted by molar-refractivity contribution is -0.122. The molecule has 100 valence electrons. The van der Waals surface area contributed by atoms with Crippen LogP contribution in [0.3, 0.4) is 0 Å². The van der Waals surface area contributed by atoms with Gasteiger partial charge in [-0.15, -0.1) is 0 Å². The minimum absolute atomic E-state index is 0.230. The summed E-state index contributed by atoms with van der Waals surface area (Å²) in [7, 11) is 0. The monoisotopic (exact) mass is 255 g/mol. The Hall–Kier alpha value is -1.00. The van der Waals surface area contributed by atoms with Crippen molar-refractivity contribution in [2.75, 3.05) is 13.1 Å². The zero-order valence-corrected chi connectivity index (χ0v) is 10.8. The highest BCUT2D eigenvalue weighted by Crippen LogP contribution is 2.32. The van der Waals surface area contributed by atoms with Gasteiger partial charge >= 0.3 is 0 Å². The predicted molar refractivity (Wildman–Crippen MR) is 66.4 cm³/mol. The fraction of sp³-hybridized carbons (Fsp3) is 0.571. The molecule has 1 aliphatic rings. The molecule has 0 aliphatic carbocycles. The molecule has 2 rings (SSSR count). The van der Waals surface area contributed by atoms with E-state index in [0.29, 0.717) is 12.1 Å². The predicted octanol–water partition coefficient (Wildman–Crippen LogP) is 3.18. The Labute approximate surface area is 106 Å². The number of ether oxygens (including phenoxy) is 1. The zero-order valence-electron chi connectivity index (χ0n) is 10.8. The Bertz CT molecular complexity index is 398. The molecule has 1 unspecified atom stereocenters. The molecule has 4 heteroatoms. The lowest BCUT2D eigenvalue weighted by Crippen LogP contribution is -2.50. The van der Waals surface area contributed by atoms with Crippen LogP contribution in [-0.2, 0) is 4.74 Å². The fourth-order valence-corrected chi connectivity index (χ4v) is 2.43. The molecule has 1 heterocycles. The van der Waals surface area contributed by atoms with E-state index >= 15 is 0 Å². The van der Waals surface area contributed by atoms with Crippen LogP contribution in [0.4, 0.5) is 8.78 Å². The standard InChI is InChI=1S/C14H19F2NO/c1-3-14(4-2)9-17-8-13(18-14)10-5-11(15)7-12(16)6-10/h5-7,13,17H,3-4,8-9H2,1-2H3. The normalized spacial score (nSPS) is 23.0. The van der Waals surface area contributed by atoms with Gasteiger partial charge in [0.2, 0.25) is 0 Å². The van der Waals surface area contributed by atoms with E-state index in [0.717, 1.165) is 25.5 Å². The highest BCUT2D eigenvalue weighted by Gasteiger charge is 2.34. The molecule has 0 radical (unpaired) electrons. The van der Waals surface area contributed by atoms with Gasteiger partial charge in [-0.25, -0.2) is 8.78 Å². The summed E-state index contributed by atoms with van der Waals surface area (Å²) in [5.74, 6) is -1.12. The lowest BCUT2D eigenvalue weighted by Gasteiger charge is -2.41. The Morgan fingerprint density at radius 2 is 1.83 bits per heavy atom. The highest BCUT2D eigenvalue weighted by atomic mass is 19.1. The van der Waals surface area contributed by atoms with Crippen LogP contribution in [0.1, 0.15) is 38.4 Å². The third-order valence-corrected chi connectivity index (χ3v) is 3.71. The number of hydrogen-bond acceptors (Lipinski definition) is 2. The lowest BCUT2D eigenvalue weighted by atomic mass is 9.93. The van der Waals surface area contributed by atoms with Crippen LogP contribution in [0.25, 0.3) is 0 Å². The molecule has 1 fully saturated rings. The van der Waals surface area contributed by atoms with E-state index in [2.05, 4.69) is 19.2 Å². The number of halogens is 2. The van der Waals surface area contributed by atoms with Gasteiger partial charge in [-0.1, -0.05) is 13.8 Å². The summed E-state index contributed by atoms with van der Waals surface area (Å²) in [5.41, 5.74) is 0.331. The minimum atomic E-state index is -0.558. The number of benzene rings is 1. The summed E-state index contributed by atoms with van der Waals surface area (Å²) in [6.07, 6.45) is 1.47. The highest BCUT2D eigenvalue weighted by molar-refractivity contribution is 5.21. The van der Waals surface area contributed by atoms with Crippen molar-refractivity contribution in [2.24, 2.45) is 0 Å². The van der Waals surface area contributed by atoms with Crippen molar-refractivity contribution in [3.8, 4) is 0 Å². The first kappa shape index (κ1) is 13.4. The van der Waals surface area contributed by atoms with E-state index in [-0.39, 0.29) is 11.7 Å². The third kappa shape index (κ3) is 2.70. The van der Waals surface area contributed by atoms with E-state index in [1.165, 1.54) is 12.1 Å². The number of nitrogens with one attached hydrogen (secondary N) is 1. The van der Waals surface area contributed by atoms with Crippen molar-refractivity contribution in [1.29, 1.82) is 0 Å². The van der Waals surface area contributed by atoms with Crippen molar-refractivity contribution >= 4 is 0 Å². The van der Waals surface area contributed by atoms with Crippen molar-refractivity contribution in [1.82, 2.24) is 5.32 Å². The topological polar surface area (TPSA) is 21.3 Å². The summed E-state index contributed by atoms with van der Waals surface area (Å²) in [4.78, 5) is 0. The van der Waals surface area contributed by atoms with E-state index in [4.69, 9.17) is 4.74 Å². The number of hydrogen-bond donors (Lipinski definition) is 1. The Morgan fingerprint density at radius 1 is 1.22 bits per heavy atom.